The molecule has 0 spiro atoms. The van der Waals surface area contributed by atoms with Gasteiger partial charge in [-0.1, -0.05) is 24.8 Å². The molecule has 0 aliphatic heterocycles. The topological polar surface area (TPSA) is 43.4 Å². The minimum Gasteiger partial charge on any atom is -1.00 e. The van der Waals surface area contributed by atoms with E-state index in [2.05, 4.69) is 6.58 Å². The first-order chi connectivity index (χ1) is 8.47. The molecule has 19 heavy (non-hydrogen) atoms. The van der Waals surface area contributed by atoms with E-state index >= 15 is 0 Å². The molecule has 4 nitrogen and oxygen atoms in total. The smallest absolute Gasteiger partial charge is 0.345 e. The quantitative estimate of drug-likeness (QED) is 0.381. The summed E-state index contributed by atoms with van der Waals surface area (Å²) < 4.78 is 5.02. The third kappa shape index (κ3) is 5.36. The summed E-state index contributed by atoms with van der Waals surface area (Å²) in [6.07, 6.45) is 1.11. The van der Waals surface area contributed by atoms with Crippen LogP contribution >= 0.6 is 0 Å². The molecule has 1 aromatic carbocycles. The molecule has 0 saturated heterocycles. The number of hydrogen-bond donors (Lipinski definition) is 0. The number of amides is 1. The van der Waals surface area contributed by atoms with Gasteiger partial charge in [0, 0.05) is 6.08 Å². The third-order valence-electron chi connectivity index (χ3n) is 2.63. The summed E-state index contributed by atoms with van der Waals surface area (Å²) in [5.74, 6) is -0.479. The number of benzene rings is 1. The standard InChI is InChI=1S/C14H18NO3.BrH/c1-4-13(16)18-11-10-15(2,3)14(17)12-8-6-5-7-9-12;/h4-9H,1,10-11H2,2-3H3;1H/q+1;/p-1. The third-order valence-corrected chi connectivity index (χ3v) is 2.63. The van der Waals surface area contributed by atoms with Gasteiger partial charge < -0.3 is 21.7 Å². The predicted octanol–water partition coefficient (Wildman–Crippen LogP) is -1.36. The van der Waals surface area contributed by atoms with E-state index in [1.807, 2.05) is 18.2 Å². The van der Waals surface area contributed by atoms with Gasteiger partial charge in [-0.05, 0) is 12.1 Å². The Hall–Kier alpha value is -1.46. The summed E-state index contributed by atoms with van der Waals surface area (Å²) >= 11 is 0. The van der Waals surface area contributed by atoms with Gasteiger partial charge in [0.05, 0.1) is 19.7 Å². The zero-order valence-corrected chi connectivity index (χ0v) is 12.7. The minimum atomic E-state index is -0.470. The number of carbonyl (C=O) groups is 2. The van der Waals surface area contributed by atoms with E-state index in [1.54, 1.807) is 26.2 Å². The Kier molecular flexibility index (Phi) is 7.26. The van der Waals surface area contributed by atoms with E-state index in [0.29, 0.717) is 12.1 Å². The van der Waals surface area contributed by atoms with Crippen LogP contribution in [-0.4, -0.2) is 43.6 Å². The number of ether oxygens (including phenoxy) is 1. The molecule has 0 aliphatic rings. The van der Waals surface area contributed by atoms with Crippen molar-refractivity contribution in [3.63, 3.8) is 0 Å². The van der Waals surface area contributed by atoms with Crippen LogP contribution in [0.1, 0.15) is 10.4 Å². The second-order valence-corrected chi connectivity index (χ2v) is 4.45. The van der Waals surface area contributed by atoms with E-state index in [4.69, 9.17) is 4.74 Å². The molecule has 104 valence electrons. The van der Waals surface area contributed by atoms with Gasteiger partial charge in [0.1, 0.15) is 13.2 Å². The average Bonchev–Trinajstić information content (AvgIpc) is 2.38. The number of hydrogen-bond acceptors (Lipinski definition) is 3. The molecule has 1 amide bonds. The SMILES string of the molecule is C=CC(=O)OCC[N+](C)(C)C(=O)c1ccccc1.[Br-]. The first-order valence-corrected chi connectivity index (χ1v) is 5.69. The highest BCUT2D eigenvalue weighted by Gasteiger charge is 2.27. The Morgan fingerprint density at radius 3 is 2.37 bits per heavy atom. The predicted molar refractivity (Wildman–Crippen MR) is 68.9 cm³/mol. The van der Waals surface area contributed by atoms with Crippen LogP contribution in [0.3, 0.4) is 0 Å². The van der Waals surface area contributed by atoms with Crippen LogP contribution in [0.5, 0.6) is 0 Å². The Bertz CT molecular complexity index is 443. The monoisotopic (exact) mass is 327 g/mol. The molecule has 1 rings (SSSR count). The van der Waals surface area contributed by atoms with Gasteiger partial charge in [-0.2, -0.15) is 0 Å². The normalized spacial score (nSPS) is 10.2. The van der Waals surface area contributed by atoms with Crippen LogP contribution in [0.4, 0.5) is 0 Å². The van der Waals surface area contributed by atoms with Crippen LogP contribution in [0, 0.1) is 0 Å². The number of quaternary nitrogens is 1. The Morgan fingerprint density at radius 1 is 1.26 bits per heavy atom. The lowest BCUT2D eigenvalue weighted by molar-refractivity contribution is -0.807. The average molecular weight is 328 g/mol. The van der Waals surface area contributed by atoms with Gasteiger partial charge in [-0.15, -0.1) is 0 Å². The fourth-order valence-electron chi connectivity index (χ4n) is 1.47. The van der Waals surface area contributed by atoms with Gasteiger partial charge >= 0.3 is 11.9 Å². The highest BCUT2D eigenvalue weighted by Crippen LogP contribution is 2.09. The Morgan fingerprint density at radius 2 is 1.84 bits per heavy atom. The minimum absolute atomic E-state index is 0. The molecule has 5 heteroatoms. The number of nitrogens with zero attached hydrogens (tertiary/aromatic N) is 1. The van der Waals surface area contributed by atoms with Crippen molar-refractivity contribution in [2.75, 3.05) is 27.2 Å². The van der Waals surface area contributed by atoms with Crippen molar-refractivity contribution in [3.05, 3.63) is 48.6 Å². The fraction of sp³-hybridized carbons (Fsp3) is 0.286. The lowest BCUT2D eigenvalue weighted by Crippen LogP contribution is -3.00. The summed E-state index contributed by atoms with van der Waals surface area (Å²) in [4.78, 5) is 23.1. The molecule has 0 saturated carbocycles. The van der Waals surface area contributed by atoms with Crippen LogP contribution in [-0.2, 0) is 9.53 Å². The molecule has 1 aromatic rings. The summed E-state index contributed by atoms with van der Waals surface area (Å²) in [5.41, 5.74) is 0.651. The second-order valence-electron chi connectivity index (χ2n) is 4.45. The molecule has 0 atom stereocenters. The van der Waals surface area contributed by atoms with Gasteiger partial charge in [0.25, 0.3) is 0 Å². The van der Waals surface area contributed by atoms with Crippen molar-refractivity contribution < 1.29 is 35.8 Å². The number of carbonyl (C=O) groups excluding carboxylic acids is 2. The fourth-order valence-corrected chi connectivity index (χ4v) is 1.47. The first kappa shape index (κ1) is 17.5. The molecule has 0 heterocycles. The Balaban J connectivity index is 0.00000324. The summed E-state index contributed by atoms with van der Waals surface area (Å²) in [6, 6.07) is 9.06. The van der Waals surface area contributed by atoms with Crippen molar-refractivity contribution in [2.45, 2.75) is 0 Å². The van der Waals surface area contributed by atoms with Crippen molar-refractivity contribution in [1.82, 2.24) is 0 Å². The highest BCUT2D eigenvalue weighted by molar-refractivity contribution is 5.88. The summed E-state index contributed by atoms with van der Waals surface area (Å²) in [5, 5.41) is 0. The van der Waals surface area contributed by atoms with Crippen LogP contribution in [0.25, 0.3) is 0 Å². The van der Waals surface area contributed by atoms with E-state index in [0.717, 1.165) is 6.08 Å². The van der Waals surface area contributed by atoms with Gasteiger partial charge in [-0.25, -0.2) is 9.59 Å². The maximum atomic E-state index is 12.2. The van der Waals surface area contributed by atoms with E-state index in [-0.39, 0.29) is 34.0 Å². The van der Waals surface area contributed by atoms with Crippen molar-refractivity contribution in [3.8, 4) is 0 Å². The zero-order valence-electron chi connectivity index (χ0n) is 11.1. The number of esters is 1. The van der Waals surface area contributed by atoms with E-state index in [9.17, 15) is 9.59 Å². The second kappa shape index (κ2) is 7.86. The molecular weight excluding hydrogens is 310 g/mol. The van der Waals surface area contributed by atoms with Crippen molar-refractivity contribution in [1.29, 1.82) is 0 Å². The number of rotatable bonds is 5. The molecular formula is C14H18BrNO3. The van der Waals surface area contributed by atoms with Crippen LogP contribution in [0.15, 0.2) is 43.0 Å². The maximum Gasteiger partial charge on any atom is 0.345 e. The molecule has 0 bridgehead atoms. The van der Waals surface area contributed by atoms with E-state index < -0.39 is 5.97 Å². The molecule has 0 fully saturated rings. The lowest BCUT2D eigenvalue weighted by atomic mass is 10.2. The molecule has 0 N–H and O–H groups in total. The van der Waals surface area contributed by atoms with Crippen molar-refractivity contribution >= 4 is 11.9 Å². The largest absolute Gasteiger partial charge is 1.00 e. The van der Waals surface area contributed by atoms with Gasteiger partial charge in [-0.3, -0.25) is 4.48 Å². The number of likely N-dealkylation sites (N-methyl/N-ethyl adjacent to an activating group) is 1. The van der Waals surface area contributed by atoms with Crippen LogP contribution < -0.4 is 17.0 Å². The lowest BCUT2D eigenvalue weighted by Gasteiger charge is -2.26. The van der Waals surface area contributed by atoms with Crippen molar-refractivity contribution in [2.24, 2.45) is 0 Å². The number of halogens is 1. The van der Waals surface area contributed by atoms with Crippen LogP contribution in [0.2, 0.25) is 0 Å². The maximum absolute atomic E-state index is 12.2. The molecule has 0 aromatic heterocycles. The van der Waals surface area contributed by atoms with Gasteiger partial charge in [0.2, 0.25) is 0 Å². The molecule has 0 aliphatic carbocycles. The first-order valence-electron chi connectivity index (χ1n) is 5.69. The molecule has 0 unspecified atom stereocenters. The molecule has 0 radical (unpaired) electrons. The summed E-state index contributed by atoms with van der Waals surface area (Å²) in [6.45, 7) is 3.93. The highest BCUT2D eigenvalue weighted by atomic mass is 79.9. The zero-order chi connectivity index (χ0) is 13.6. The summed E-state index contributed by atoms with van der Waals surface area (Å²) in [7, 11) is 3.58. The van der Waals surface area contributed by atoms with E-state index in [1.165, 1.54) is 0 Å². The Labute approximate surface area is 124 Å². The van der Waals surface area contributed by atoms with Gasteiger partial charge in [0.15, 0.2) is 0 Å².